The summed E-state index contributed by atoms with van der Waals surface area (Å²) in [5.41, 5.74) is 2.24. The standard InChI is InChI=1S/C14H18N4O4/c1-9(2)17-21-13(19)15-11-5-7-12(8-6-11)16-14(20)22-18-10(3)4/h5-8H,1-4H3,(H,15,19)(H,16,20). The molecule has 0 bridgehead atoms. The van der Waals surface area contributed by atoms with Crippen molar-refractivity contribution < 1.29 is 19.3 Å². The molecule has 118 valence electrons. The van der Waals surface area contributed by atoms with E-state index in [1.165, 1.54) is 0 Å². The number of hydrogen-bond donors (Lipinski definition) is 2. The maximum atomic E-state index is 11.4. The van der Waals surface area contributed by atoms with Gasteiger partial charge in [0.25, 0.3) is 0 Å². The Bertz CT molecular complexity index is 532. The molecule has 1 aromatic rings. The highest BCUT2D eigenvalue weighted by Crippen LogP contribution is 2.14. The van der Waals surface area contributed by atoms with E-state index in [1.54, 1.807) is 52.0 Å². The summed E-state index contributed by atoms with van der Waals surface area (Å²) >= 11 is 0. The third-order valence-electron chi connectivity index (χ3n) is 2.00. The van der Waals surface area contributed by atoms with Crippen molar-refractivity contribution in [3.63, 3.8) is 0 Å². The molecule has 0 spiro atoms. The summed E-state index contributed by atoms with van der Waals surface area (Å²) in [6.45, 7) is 6.82. The van der Waals surface area contributed by atoms with Gasteiger partial charge in [0.05, 0.1) is 11.4 Å². The zero-order chi connectivity index (χ0) is 16.5. The number of oxime groups is 2. The van der Waals surface area contributed by atoms with Crippen molar-refractivity contribution in [2.75, 3.05) is 10.6 Å². The van der Waals surface area contributed by atoms with Crippen LogP contribution in [-0.2, 0) is 9.68 Å². The van der Waals surface area contributed by atoms with Gasteiger partial charge in [-0.25, -0.2) is 9.59 Å². The van der Waals surface area contributed by atoms with E-state index in [0.29, 0.717) is 22.8 Å². The van der Waals surface area contributed by atoms with E-state index in [0.717, 1.165) is 0 Å². The number of hydrogen-bond acceptors (Lipinski definition) is 6. The van der Waals surface area contributed by atoms with Crippen LogP contribution in [0.25, 0.3) is 0 Å². The highest BCUT2D eigenvalue weighted by molar-refractivity contribution is 5.88. The van der Waals surface area contributed by atoms with Crippen LogP contribution in [-0.4, -0.2) is 23.6 Å². The molecule has 0 unspecified atom stereocenters. The molecule has 8 heteroatoms. The van der Waals surface area contributed by atoms with Gasteiger partial charge in [0.1, 0.15) is 0 Å². The molecule has 2 amide bonds. The zero-order valence-corrected chi connectivity index (χ0v) is 12.8. The summed E-state index contributed by atoms with van der Waals surface area (Å²) in [7, 11) is 0. The minimum Gasteiger partial charge on any atom is -0.298 e. The van der Waals surface area contributed by atoms with Crippen LogP contribution in [0.1, 0.15) is 27.7 Å². The van der Waals surface area contributed by atoms with Crippen LogP contribution >= 0.6 is 0 Å². The number of rotatable bonds is 4. The Labute approximate surface area is 128 Å². The van der Waals surface area contributed by atoms with E-state index < -0.39 is 12.2 Å². The first kappa shape index (κ1) is 17.2. The minimum atomic E-state index is -0.700. The van der Waals surface area contributed by atoms with Gasteiger partial charge in [0.2, 0.25) is 0 Å². The van der Waals surface area contributed by atoms with Crippen molar-refractivity contribution in [2.45, 2.75) is 27.7 Å². The Morgan fingerprint density at radius 1 is 0.773 bits per heavy atom. The Hall–Kier alpha value is -2.90. The van der Waals surface area contributed by atoms with Crippen LogP contribution in [0.15, 0.2) is 34.6 Å². The van der Waals surface area contributed by atoms with E-state index in [-0.39, 0.29) is 0 Å². The van der Waals surface area contributed by atoms with Gasteiger partial charge in [-0.05, 0) is 52.0 Å². The van der Waals surface area contributed by atoms with Crippen molar-refractivity contribution in [1.82, 2.24) is 0 Å². The third kappa shape index (κ3) is 7.04. The third-order valence-corrected chi connectivity index (χ3v) is 2.00. The lowest BCUT2D eigenvalue weighted by atomic mass is 10.3. The molecule has 0 heterocycles. The topological polar surface area (TPSA) is 101 Å². The molecule has 0 saturated heterocycles. The predicted octanol–water partition coefficient (Wildman–Crippen LogP) is 3.58. The summed E-state index contributed by atoms with van der Waals surface area (Å²) in [5.74, 6) is 0. The van der Waals surface area contributed by atoms with Crippen molar-refractivity contribution in [1.29, 1.82) is 0 Å². The molecule has 0 fully saturated rings. The van der Waals surface area contributed by atoms with Crippen LogP contribution in [0.4, 0.5) is 21.0 Å². The van der Waals surface area contributed by atoms with E-state index in [9.17, 15) is 9.59 Å². The molecule has 1 aromatic carbocycles. The first-order valence-electron chi connectivity index (χ1n) is 6.45. The van der Waals surface area contributed by atoms with Crippen molar-refractivity contribution in [3.05, 3.63) is 24.3 Å². The quantitative estimate of drug-likeness (QED) is 0.504. The minimum absolute atomic E-state index is 0.496. The van der Waals surface area contributed by atoms with Crippen molar-refractivity contribution >= 4 is 35.0 Å². The SMILES string of the molecule is CC(C)=NOC(=O)Nc1ccc(NC(=O)ON=C(C)C)cc1. The fraction of sp³-hybridized carbons (Fsp3) is 0.286. The summed E-state index contributed by atoms with van der Waals surface area (Å²) in [6.07, 6.45) is -1.40. The van der Waals surface area contributed by atoms with Gasteiger partial charge < -0.3 is 0 Å². The molecule has 0 aromatic heterocycles. The number of nitrogens with zero attached hydrogens (tertiary/aromatic N) is 2. The molecule has 8 nitrogen and oxygen atoms in total. The fourth-order valence-corrected chi connectivity index (χ4v) is 1.18. The van der Waals surface area contributed by atoms with E-state index >= 15 is 0 Å². The van der Waals surface area contributed by atoms with Crippen LogP contribution in [0.3, 0.4) is 0 Å². The number of nitrogens with one attached hydrogen (secondary N) is 2. The van der Waals surface area contributed by atoms with Crippen LogP contribution < -0.4 is 10.6 Å². The van der Waals surface area contributed by atoms with Crippen molar-refractivity contribution in [2.24, 2.45) is 10.3 Å². The first-order valence-corrected chi connectivity index (χ1v) is 6.45. The Morgan fingerprint density at radius 2 is 1.09 bits per heavy atom. The Morgan fingerprint density at radius 3 is 1.36 bits per heavy atom. The lowest BCUT2D eigenvalue weighted by Gasteiger charge is -2.06. The van der Waals surface area contributed by atoms with Crippen LogP contribution in [0, 0.1) is 0 Å². The average molecular weight is 306 g/mol. The molecule has 0 radical (unpaired) electrons. The molecule has 0 aliphatic carbocycles. The second-order valence-electron chi connectivity index (χ2n) is 4.66. The normalized spacial score (nSPS) is 9.27. The zero-order valence-electron chi connectivity index (χ0n) is 12.8. The van der Waals surface area contributed by atoms with Crippen LogP contribution in [0.5, 0.6) is 0 Å². The molecule has 0 atom stereocenters. The van der Waals surface area contributed by atoms with Gasteiger partial charge >= 0.3 is 12.2 Å². The maximum Gasteiger partial charge on any atom is 0.437 e. The highest BCUT2D eigenvalue weighted by atomic mass is 16.7. The van der Waals surface area contributed by atoms with E-state index in [2.05, 4.69) is 30.6 Å². The molecule has 0 aliphatic rings. The maximum absolute atomic E-state index is 11.4. The van der Waals surface area contributed by atoms with E-state index in [1.807, 2.05) is 0 Å². The van der Waals surface area contributed by atoms with Gasteiger partial charge in [-0.3, -0.25) is 20.3 Å². The average Bonchev–Trinajstić information content (AvgIpc) is 2.45. The monoisotopic (exact) mass is 306 g/mol. The Kier molecular flexibility index (Phi) is 6.55. The summed E-state index contributed by atoms with van der Waals surface area (Å²) in [6, 6.07) is 6.36. The van der Waals surface area contributed by atoms with Gasteiger partial charge in [0, 0.05) is 11.4 Å². The van der Waals surface area contributed by atoms with E-state index in [4.69, 9.17) is 0 Å². The number of carbonyl (C=O) groups excluding carboxylic acids is 2. The Balaban J connectivity index is 2.52. The molecular weight excluding hydrogens is 288 g/mol. The lowest BCUT2D eigenvalue weighted by molar-refractivity contribution is 0.165. The molecule has 2 N–H and O–H groups in total. The molecule has 22 heavy (non-hydrogen) atoms. The molecule has 0 aliphatic heterocycles. The summed E-state index contributed by atoms with van der Waals surface area (Å²) < 4.78 is 0. The summed E-state index contributed by atoms with van der Waals surface area (Å²) in [4.78, 5) is 31.9. The van der Waals surface area contributed by atoms with Gasteiger partial charge in [-0.1, -0.05) is 10.3 Å². The predicted molar refractivity (Wildman–Crippen MR) is 84.2 cm³/mol. The van der Waals surface area contributed by atoms with Gasteiger partial charge in [-0.2, -0.15) is 0 Å². The second kappa shape index (κ2) is 8.40. The number of benzene rings is 1. The molecular formula is C14H18N4O4. The lowest BCUT2D eigenvalue weighted by Crippen LogP contribution is -2.12. The van der Waals surface area contributed by atoms with Gasteiger partial charge in [0.15, 0.2) is 0 Å². The fourth-order valence-electron chi connectivity index (χ4n) is 1.18. The summed E-state index contributed by atoms with van der Waals surface area (Å²) in [5, 5.41) is 12.0. The van der Waals surface area contributed by atoms with Gasteiger partial charge in [-0.15, -0.1) is 0 Å². The largest absolute Gasteiger partial charge is 0.437 e. The first-order chi connectivity index (χ1) is 10.4. The molecule has 0 saturated carbocycles. The van der Waals surface area contributed by atoms with Crippen molar-refractivity contribution in [3.8, 4) is 0 Å². The van der Waals surface area contributed by atoms with Crippen LogP contribution in [0.2, 0.25) is 0 Å². The highest BCUT2D eigenvalue weighted by Gasteiger charge is 2.05. The number of carbonyl (C=O) groups is 2. The number of amides is 2. The number of anilines is 2. The second-order valence-corrected chi connectivity index (χ2v) is 4.66. The molecule has 1 rings (SSSR count). The smallest absolute Gasteiger partial charge is 0.298 e.